The minimum atomic E-state index is 0.557. The molecule has 0 aliphatic heterocycles. The van der Waals surface area contributed by atoms with Crippen molar-refractivity contribution in [3.63, 3.8) is 0 Å². The van der Waals surface area contributed by atoms with Crippen LogP contribution in [-0.2, 0) is 0 Å². The van der Waals surface area contributed by atoms with E-state index in [4.69, 9.17) is 34.7 Å². The van der Waals surface area contributed by atoms with Gasteiger partial charge in [0.2, 0.25) is 0 Å². The lowest BCUT2D eigenvalue weighted by atomic mass is 10.2. The highest BCUT2D eigenvalue weighted by Gasteiger charge is 2.06. The molecule has 0 aliphatic carbocycles. The van der Waals surface area contributed by atoms with Crippen LogP contribution in [0.5, 0.6) is 0 Å². The Kier molecular flexibility index (Phi) is 4.85. The third-order valence-electron chi connectivity index (χ3n) is 2.14. The van der Waals surface area contributed by atoms with Gasteiger partial charge in [0.05, 0.1) is 11.4 Å². The summed E-state index contributed by atoms with van der Waals surface area (Å²) < 4.78 is 0. The van der Waals surface area contributed by atoms with E-state index in [-0.39, 0.29) is 0 Å². The number of benzene rings is 1. The van der Waals surface area contributed by atoms with E-state index in [0.717, 1.165) is 18.8 Å². The van der Waals surface area contributed by atoms with Gasteiger partial charge in [-0.15, -0.1) is 23.2 Å². The molecule has 0 saturated heterocycles. The molecule has 0 fully saturated rings. The zero-order chi connectivity index (χ0) is 11.3. The Bertz CT molecular complexity index is 312. The first-order chi connectivity index (χ1) is 7.19. The summed E-state index contributed by atoms with van der Waals surface area (Å²) in [6, 6.07) is 5.55. The SMILES string of the molecule is Nc1ccc(N(CCCl)CCCl)cc1N. The Hall–Kier alpha value is -0.800. The van der Waals surface area contributed by atoms with Gasteiger partial charge in [-0.1, -0.05) is 0 Å². The maximum Gasteiger partial charge on any atom is 0.0568 e. The highest BCUT2D eigenvalue weighted by molar-refractivity contribution is 6.18. The number of rotatable bonds is 5. The van der Waals surface area contributed by atoms with Crippen molar-refractivity contribution in [1.82, 2.24) is 0 Å². The van der Waals surface area contributed by atoms with Crippen LogP contribution in [0.3, 0.4) is 0 Å². The number of alkyl halides is 2. The lowest BCUT2D eigenvalue weighted by molar-refractivity contribution is 0.874. The van der Waals surface area contributed by atoms with E-state index >= 15 is 0 Å². The van der Waals surface area contributed by atoms with Crippen LogP contribution in [0.2, 0.25) is 0 Å². The molecule has 0 saturated carbocycles. The van der Waals surface area contributed by atoms with Gasteiger partial charge in [0.1, 0.15) is 0 Å². The molecule has 0 bridgehead atoms. The van der Waals surface area contributed by atoms with Crippen molar-refractivity contribution in [3.8, 4) is 0 Å². The van der Waals surface area contributed by atoms with E-state index in [1.54, 1.807) is 6.07 Å². The quantitative estimate of drug-likeness (QED) is 0.620. The van der Waals surface area contributed by atoms with Gasteiger partial charge in [0.25, 0.3) is 0 Å². The number of halogens is 2. The van der Waals surface area contributed by atoms with Crippen molar-refractivity contribution in [2.45, 2.75) is 0 Å². The Morgan fingerprint density at radius 3 is 2.07 bits per heavy atom. The molecule has 0 amide bonds. The first kappa shape index (κ1) is 12.3. The van der Waals surface area contributed by atoms with Gasteiger partial charge >= 0.3 is 0 Å². The minimum absolute atomic E-state index is 0.557. The summed E-state index contributed by atoms with van der Waals surface area (Å²) in [5.41, 5.74) is 13.6. The topological polar surface area (TPSA) is 55.3 Å². The largest absolute Gasteiger partial charge is 0.397 e. The average Bonchev–Trinajstić information content (AvgIpc) is 2.22. The van der Waals surface area contributed by atoms with Crippen LogP contribution in [0.15, 0.2) is 18.2 Å². The molecule has 1 aromatic rings. The Morgan fingerprint density at radius 1 is 1.00 bits per heavy atom. The predicted molar refractivity (Wildman–Crippen MR) is 68.9 cm³/mol. The molecule has 5 heteroatoms. The van der Waals surface area contributed by atoms with E-state index in [0.29, 0.717) is 23.1 Å². The summed E-state index contributed by atoms with van der Waals surface area (Å²) in [4.78, 5) is 2.08. The number of hydrogen-bond donors (Lipinski definition) is 2. The molecule has 0 unspecified atom stereocenters. The summed E-state index contributed by atoms with van der Waals surface area (Å²) in [5.74, 6) is 1.11. The second-order valence-corrected chi connectivity index (χ2v) is 3.93. The summed E-state index contributed by atoms with van der Waals surface area (Å²) in [5, 5.41) is 0. The van der Waals surface area contributed by atoms with E-state index in [1.807, 2.05) is 12.1 Å². The number of nitrogens with zero attached hydrogens (tertiary/aromatic N) is 1. The second-order valence-electron chi connectivity index (χ2n) is 3.18. The van der Waals surface area contributed by atoms with Gasteiger partial charge in [-0.3, -0.25) is 0 Å². The molecule has 3 nitrogen and oxygen atoms in total. The highest BCUT2D eigenvalue weighted by atomic mass is 35.5. The fraction of sp³-hybridized carbons (Fsp3) is 0.400. The third kappa shape index (κ3) is 3.36. The van der Waals surface area contributed by atoms with Crippen LogP contribution >= 0.6 is 23.2 Å². The van der Waals surface area contributed by atoms with Crippen molar-refractivity contribution >= 4 is 40.3 Å². The molecule has 0 aliphatic rings. The van der Waals surface area contributed by atoms with Crippen LogP contribution in [0.4, 0.5) is 17.1 Å². The molecule has 1 aromatic carbocycles. The fourth-order valence-corrected chi connectivity index (χ4v) is 1.74. The van der Waals surface area contributed by atoms with E-state index < -0.39 is 0 Å². The molecule has 15 heavy (non-hydrogen) atoms. The number of nitrogens with two attached hydrogens (primary N) is 2. The average molecular weight is 248 g/mol. The molecule has 0 atom stereocenters. The highest BCUT2D eigenvalue weighted by Crippen LogP contribution is 2.22. The van der Waals surface area contributed by atoms with Crippen molar-refractivity contribution in [2.75, 3.05) is 41.2 Å². The lowest BCUT2D eigenvalue weighted by Crippen LogP contribution is -2.27. The minimum Gasteiger partial charge on any atom is -0.397 e. The van der Waals surface area contributed by atoms with Crippen molar-refractivity contribution in [3.05, 3.63) is 18.2 Å². The van der Waals surface area contributed by atoms with E-state index in [2.05, 4.69) is 4.90 Å². The molecule has 0 radical (unpaired) electrons. The smallest absolute Gasteiger partial charge is 0.0568 e. The summed E-state index contributed by atoms with van der Waals surface area (Å²) in [6.45, 7) is 1.50. The monoisotopic (exact) mass is 247 g/mol. The van der Waals surface area contributed by atoms with Gasteiger partial charge in [-0.2, -0.15) is 0 Å². The van der Waals surface area contributed by atoms with Gasteiger partial charge in [-0.25, -0.2) is 0 Å². The van der Waals surface area contributed by atoms with Crippen LogP contribution < -0.4 is 16.4 Å². The van der Waals surface area contributed by atoms with Gasteiger partial charge in [-0.05, 0) is 18.2 Å². The molecule has 0 heterocycles. The molecular weight excluding hydrogens is 233 g/mol. The van der Waals surface area contributed by atoms with E-state index in [1.165, 1.54) is 0 Å². The summed E-state index contributed by atoms with van der Waals surface area (Å²) >= 11 is 11.4. The van der Waals surface area contributed by atoms with Crippen molar-refractivity contribution < 1.29 is 0 Å². The van der Waals surface area contributed by atoms with Gasteiger partial charge in [0, 0.05) is 30.5 Å². The Morgan fingerprint density at radius 2 is 1.60 bits per heavy atom. The zero-order valence-corrected chi connectivity index (χ0v) is 9.93. The second kappa shape index (κ2) is 5.93. The van der Waals surface area contributed by atoms with Crippen LogP contribution in [-0.4, -0.2) is 24.8 Å². The van der Waals surface area contributed by atoms with Crippen LogP contribution in [0.1, 0.15) is 0 Å². The molecule has 0 spiro atoms. The Balaban J connectivity index is 2.85. The zero-order valence-electron chi connectivity index (χ0n) is 8.42. The molecule has 84 valence electrons. The van der Waals surface area contributed by atoms with Gasteiger partial charge < -0.3 is 16.4 Å². The Labute approximate surface area is 99.9 Å². The fourth-order valence-electron chi connectivity index (χ4n) is 1.33. The van der Waals surface area contributed by atoms with Crippen molar-refractivity contribution in [1.29, 1.82) is 0 Å². The maximum atomic E-state index is 5.73. The molecule has 4 N–H and O–H groups in total. The van der Waals surface area contributed by atoms with Gasteiger partial charge in [0.15, 0.2) is 0 Å². The first-order valence-electron chi connectivity index (χ1n) is 4.71. The molecular formula is C10H15Cl2N3. The van der Waals surface area contributed by atoms with Crippen molar-refractivity contribution in [2.24, 2.45) is 0 Å². The van der Waals surface area contributed by atoms with Crippen LogP contribution in [0.25, 0.3) is 0 Å². The van der Waals surface area contributed by atoms with Crippen LogP contribution in [0, 0.1) is 0 Å². The van der Waals surface area contributed by atoms with E-state index in [9.17, 15) is 0 Å². The number of nitrogen functional groups attached to an aromatic ring is 2. The standard InChI is InChI=1S/C10H15Cl2N3/c11-3-5-15(6-4-12)8-1-2-9(13)10(14)7-8/h1-2,7H,3-6,13-14H2. The maximum absolute atomic E-state index is 5.73. The first-order valence-corrected chi connectivity index (χ1v) is 5.78. The number of hydrogen-bond acceptors (Lipinski definition) is 3. The molecule has 1 rings (SSSR count). The lowest BCUT2D eigenvalue weighted by Gasteiger charge is -2.23. The summed E-state index contributed by atoms with van der Waals surface area (Å²) in [7, 11) is 0. The summed E-state index contributed by atoms with van der Waals surface area (Å²) in [6.07, 6.45) is 0. The third-order valence-corrected chi connectivity index (χ3v) is 2.48. The molecule has 0 aromatic heterocycles. The normalized spacial score (nSPS) is 10.3. The number of anilines is 3. The predicted octanol–water partition coefficient (Wildman–Crippen LogP) is 2.14.